The molecule has 1 aliphatic heterocycles. The van der Waals surface area contributed by atoms with Crippen LogP contribution in [0.15, 0.2) is 18.2 Å². The maximum absolute atomic E-state index is 13.5. The van der Waals surface area contributed by atoms with Crippen LogP contribution in [0.25, 0.3) is 0 Å². The fraction of sp³-hybridized carbons (Fsp3) is 0.333. The number of halogens is 1. The van der Waals surface area contributed by atoms with Crippen LogP contribution in [0.4, 0.5) is 4.39 Å². The summed E-state index contributed by atoms with van der Waals surface area (Å²) < 4.78 is 13.5. The fourth-order valence-corrected chi connectivity index (χ4v) is 2.02. The van der Waals surface area contributed by atoms with Crippen molar-refractivity contribution in [1.29, 1.82) is 0 Å². The predicted octanol–water partition coefficient (Wildman–Crippen LogP) is 1.21. The summed E-state index contributed by atoms with van der Waals surface area (Å²) in [5, 5.41) is 8.64. The maximum atomic E-state index is 13.5. The molecule has 0 bridgehead atoms. The first kappa shape index (κ1) is 14.2. The molecular weight excluding hydrogens is 261 g/mol. The van der Waals surface area contributed by atoms with Gasteiger partial charge in [0.25, 0.3) is 0 Å². The summed E-state index contributed by atoms with van der Waals surface area (Å²) >= 11 is 0. The Kier molecular flexibility index (Phi) is 4.49. The molecule has 1 aromatic carbocycles. The van der Waals surface area contributed by atoms with E-state index in [1.165, 1.54) is 12.1 Å². The van der Waals surface area contributed by atoms with E-state index < -0.39 is 5.82 Å². The lowest BCUT2D eigenvalue weighted by atomic mass is 10.1. The van der Waals surface area contributed by atoms with E-state index in [1.807, 2.05) is 0 Å². The number of hydrogen-bond donors (Lipinski definition) is 1. The molecule has 1 N–H and O–H groups in total. The Bertz CT molecular complexity index is 585. The number of hydrogen-bond acceptors (Lipinski definition) is 3. The van der Waals surface area contributed by atoms with Gasteiger partial charge in [-0.15, -0.1) is 0 Å². The second-order valence-corrected chi connectivity index (χ2v) is 4.50. The van der Waals surface area contributed by atoms with E-state index in [9.17, 15) is 14.0 Å². The molecule has 1 heterocycles. The SMILES string of the molecule is O=C1CCC(=O)N1Cc1cc(F)cc(C#CCCO)c1. The standard InChI is InChI=1S/C15H14FNO3/c16-13-8-11(3-1-2-6-18)7-12(9-13)10-17-14(19)4-5-15(17)20/h7-9,18H,2,4-6,10H2. The van der Waals surface area contributed by atoms with Crippen molar-refractivity contribution in [3.05, 3.63) is 35.1 Å². The van der Waals surface area contributed by atoms with Gasteiger partial charge in [-0.3, -0.25) is 14.5 Å². The largest absolute Gasteiger partial charge is 0.395 e. The lowest BCUT2D eigenvalue weighted by Crippen LogP contribution is -2.28. The van der Waals surface area contributed by atoms with Crippen molar-refractivity contribution in [2.45, 2.75) is 25.8 Å². The van der Waals surface area contributed by atoms with E-state index in [4.69, 9.17) is 5.11 Å². The van der Waals surface area contributed by atoms with Gasteiger partial charge < -0.3 is 5.11 Å². The van der Waals surface area contributed by atoms with Crippen LogP contribution in [0.5, 0.6) is 0 Å². The number of carbonyl (C=O) groups is 2. The molecule has 0 unspecified atom stereocenters. The zero-order valence-corrected chi connectivity index (χ0v) is 10.9. The van der Waals surface area contributed by atoms with Crippen LogP contribution >= 0.6 is 0 Å². The van der Waals surface area contributed by atoms with Gasteiger partial charge >= 0.3 is 0 Å². The summed E-state index contributed by atoms with van der Waals surface area (Å²) in [6, 6.07) is 4.21. The van der Waals surface area contributed by atoms with Crippen LogP contribution in [-0.4, -0.2) is 28.4 Å². The van der Waals surface area contributed by atoms with E-state index >= 15 is 0 Å². The second kappa shape index (κ2) is 6.31. The number of amides is 2. The average Bonchev–Trinajstić information content (AvgIpc) is 2.70. The Morgan fingerprint density at radius 1 is 1.20 bits per heavy atom. The van der Waals surface area contributed by atoms with E-state index in [0.717, 1.165) is 4.90 Å². The van der Waals surface area contributed by atoms with Gasteiger partial charge in [0.15, 0.2) is 0 Å². The van der Waals surface area contributed by atoms with Crippen LogP contribution in [0.2, 0.25) is 0 Å². The van der Waals surface area contributed by atoms with Crippen molar-refractivity contribution in [1.82, 2.24) is 4.90 Å². The first-order valence-electron chi connectivity index (χ1n) is 6.32. The van der Waals surface area contributed by atoms with Gasteiger partial charge in [-0.1, -0.05) is 11.8 Å². The number of nitrogens with zero attached hydrogens (tertiary/aromatic N) is 1. The molecule has 0 saturated carbocycles. The normalized spacial score (nSPS) is 14.4. The van der Waals surface area contributed by atoms with Crippen molar-refractivity contribution in [2.75, 3.05) is 6.61 Å². The Balaban J connectivity index is 2.18. The Morgan fingerprint density at radius 2 is 1.90 bits per heavy atom. The molecule has 104 valence electrons. The number of aliphatic hydroxyl groups is 1. The summed E-state index contributed by atoms with van der Waals surface area (Å²) in [4.78, 5) is 24.2. The summed E-state index contributed by atoms with van der Waals surface area (Å²) in [7, 11) is 0. The van der Waals surface area contributed by atoms with Gasteiger partial charge in [-0.2, -0.15) is 0 Å². The monoisotopic (exact) mass is 275 g/mol. The highest BCUT2D eigenvalue weighted by atomic mass is 19.1. The molecule has 1 fully saturated rings. The topological polar surface area (TPSA) is 57.6 Å². The minimum Gasteiger partial charge on any atom is -0.395 e. The third-order valence-electron chi connectivity index (χ3n) is 2.92. The zero-order valence-electron chi connectivity index (χ0n) is 10.9. The maximum Gasteiger partial charge on any atom is 0.229 e. The fourth-order valence-electron chi connectivity index (χ4n) is 2.02. The molecule has 1 aliphatic rings. The number of rotatable bonds is 3. The van der Waals surface area contributed by atoms with E-state index in [1.54, 1.807) is 6.07 Å². The first-order chi connectivity index (χ1) is 9.60. The van der Waals surface area contributed by atoms with Gasteiger partial charge in [-0.25, -0.2) is 4.39 Å². The van der Waals surface area contributed by atoms with E-state index in [-0.39, 0.29) is 37.8 Å². The van der Waals surface area contributed by atoms with Crippen LogP contribution < -0.4 is 0 Å². The highest BCUT2D eigenvalue weighted by molar-refractivity contribution is 6.01. The second-order valence-electron chi connectivity index (χ2n) is 4.50. The van der Waals surface area contributed by atoms with Crippen LogP contribution in [0.3, 0.4) is 0 Å². The smallest absolute Gasteiger partial charge is 0.229 e. The molecule has 0 atom stereocenters. The van der Waals surface area contributed by atoms with Crippen LogP contribution in [-0.2, 0) is 16.1 Å². The minimum absolute atomic E-state index is 0.0496. The quantitative estimate of drug-likeness (QED) is 0.666. The van der Waals surface area contributed by atoms with Crippen molar-refractivity contribution < 1.29 is 19.1 Å². The van der Waals surface area contributed by atoms with Crippen LogP contribution in [0.1, 0.15) is 30.4 Å². The lowest BCUT2D eigenvalue weighted by molar-refractivity contribution is -0.139. The van der Waals surface area contributed by atoms with Gasteiger partial charge in [0, 0.05) is 24.8 Å². The summed E-state index contributed by atoms with van der Waals surface area (Å²) in [5.41, 5.74) is 0.995. The number of aliphatic hydroxyl groups excluding tert-OH is 1. The number of likely N-dealkylation sites (tertiary alicyclic amines) is 1. The van der Waals surface area contributed by atoms with Crippen LogP contribution in [0, 0.1) is 17.7 Å². The highest BCUT2D eigenvalue weighted by Crippen LogP contribution is 2.17. The molecule has 0 spiro atoms. The molecule has 1 aromatic rings. The molecule has 1 saturated heterocycles. The number of benzene rings is 1. The van der Waals surface area contributed by atoms with Crippen molar-refractivity contribution >= 4 is 11.8 Å². The third kappa shape index (κ3) is 3.43. The van der Waals surface area contributed by atoms with E-state index in [2.05, 4.69) is 11.8 Å². The molecule has 0 radical (unpaired) electrons. The van der Waals surface area contributed by atoms with E-state index in [0.29, 0.717) is 17.5 Å². The van der Waals surface area contributed by atoms with Gasteiger partial charge in [0.1, 0.15) is 5.82 Å². The average molecular weight is 275 g/mol. The zero-order chi connectivity index (χ0) is 14.5. The molecule has 2 rings (SSSR count). The third-order valence-corrected chi connectivity index (χ3v) is 2.92. The molecule has 20 heavy (non-hydrogen) atoms. The number of carbonyl (C=O) groups excluding carboxylic acids is 2. The molecule has 5 heteroatoms. The van der Waals surface area contributed by atoms with Gasteiger partial charge in [0.2, 0.25) is 11.8 Å². The Morgan fingerprint density at radius 3 is 2.55 bits per heavy atom. The van der Waals surface area contributed by atoms with Crippen molar-refractivity contribution in [3.8, 4) is 11.8 Å². The van der Waals surface area contributed by atoms with Gasteiger partial charge in [0.05, 0.1) is 13.2 Å². The summed E-state index contributed by atoms with van der Waals surface area (Å²) in [6.45, 7) is 0.0239. The first-order valence-corrected chi connectivity index (χ1v) is 6.32. The minimum atomic E-state index is -0.463. The Hall–Kier alpha value is -2.19. The Labute approximate surface area is 116 Å². The van der Waals surface area contributed by atoms with Crippen molar-refractivity contribution in [3.63, 3.8) is 0 Å². The summed E-state index contributed by atoms with van der Waals surface area (Å²) in [6.07, 6.45) is 0.754. The van der Waals surface area contributed by atoms with Crippen molar-refractivity contribution in [2.24, 2.45) is 0 Å². The number of imide groups is 1. The molecular formula is C15H14FNO3. The molecule has 0 aliphatic carbocycles. The molecule has 2 amide bonds. The molecule has 4 nitrogen and oxygen atoms in total. The molecule has 0 aromatic heterocycles. The predicted molar refractivity (Wildman–Crippen MR) is 69.8 cm³/mol. The lowest BCUT2D eigenvalue weighted by Gasteiger charge is -2.13. The highest BCUT2D eigenvalue weighted by Gasteiger charge is 2.28. The summed E-state index contributed by atoms with van der Waals surface area (Å²) in [5.74, 6) is 4.52. The van der Waals surface area contributed by atoms with Gasteiger partial charge in [-0.05, 0) is 23.8 Å².